The van der Waals surface area contributed by atoms with Crippen molar-refractivity contribution in [2.75, 3.05) is 0 Å². The number of carbonyl (C=O) groups is 1. The summed E-state index contributed by atoms with van der Waals surface area (Å²) in [6.45, 7) is 2.20. The summed E-state index contributed by atoms with van der Waals surface area (Å²) in [6, 6.07) is 8.41. The van der Waals surface area contributed by atoms with Crippen LogP contribution in [-0.2, 0) is 11.2 Å². The molecule has 3 rings (SSSR count). The Morgan fingerprint density at radius 1 is 1.43 bits per heavy atom. The van der Waals surface area contributed by atoms with E-state index in [9.17, 15) is 4.79 Å². The lowest BCUT2D eigenvalue weighted by Gasteiger charge is -2.21. The second-order valence-corrected chi connectivity index (χ2v) is 6.77. The molecule has 1 fully saturated rings. The van der Waals surface area contributed by atoms with E-state index >= 15 is 0 Å². The number of hydrogen-bond donors (Lipinski definition) is 0. The van der Waals surface area contributed by atoms with Gasteiger partial charge in [-0.25, -0.2) is 4.79 Å². The van der Waals surface area contributed by atoms with Crippen LogP contribution >= 0.6 is 22.6 Å². The maximum Gasteiger partial charge on any atom is 0.415 e. The molecule has 1 aliphatic carbocycles. The van der Waals surface area contributed by atoms with Gasteiger partial charge in [0.1, 0.15) is 12.1 Å². The van der Waals surface area contributed by atoms with Gasteiger partial charge < -0.3 is 4.74 Å². The summed E-state index contributed by atoms with van der Waals surface area (Å²) in [5, 5.41) is 0. The van der Waals surface area contributed by atoms with Gasteiger partial charge in [-0.2, -0.15) is 0 Å². The number of nitrogens with zero attached hydrogens (tertiary/aromatic N) is 1. The maximum atomic E-state index is 12.2. The lowest BCUT2D eigenvalue weighted by atomic mass is 10.1. The minimum Gasteiger partial charge on any atom is -0.443 e. The Hall–Kier alpha value is -1.04. The molecule has 0 saturated carbocycles. The van der Waals surface area contributed by atoms with Gasteiger partial charge in [-0.3, -0.25) is 4.90 Å². The van der Waals surface area contributed by atoms with Crippen molar-refractivity contribution >= 4 is 28.7 Å². The number of hydrogen-bond acceptors (Lipinski definition) is 2. The zero-order valence-corrected chi connectivity index (χ0v) is 14.4. The standard InChI is InChI=1S/C17H20INO2/c1-2-3-4-5-10-15(18)19-16-13-9-7-6-8-12(13)11-14(16)21-17(19)20/h6-10,14,16H,2-5,11H2,1H3/b15-10+/t14-,16+/m1/s1. The normalized spacial score (nSPS) is 24.0. The minimum absolute atomic E-state index is 0.0243. The van der Waals surface area contributed by atoms with Crippen LogP contribution in [0.4, 0.5) is 4.79 Å². The van der Waals surface area contributed by atoms with Crippen LogP contribution in [0.25, 0.3) is 0 Å². The molecule has 0 radical (unpaired) electrons. The molecule has 0 unspecified atom stereocenters. The Morgan fingerprint density at radius 2 is 2.24 bits per heavy atom. The van der Waals surface area contributed by atoms with Crippen LogP contribution in [0, 0.1) is 0 Å². The lowest BCUT2D eigenvalue weighted by molar-refractivity contribution is 0.134. The van der Waals surface area contributed by atoms with Crippen LogP contribution in [0.15, 0.2) is 34.0 Å². The van der Waals surface area contributed by atoms with Gasteiger partial charge in [0.2, 0.25) is 0 Å². The molecule has 2 atom stereocenters. The van der Waals surface area contributed by atoms with Gasteiger partial charge in [0.15, 0.2) is 0 Å². The molecule has 0 spiro atoms. The van der Waals surface area contributed by atoms with Crippen LogP contribution in [0.3, 0.4) is 0 Å². The summed E-state index contributed by atoms with van der Waals surface area (Å²) in [4.78, 5) is 14.0. The van der Waals surface area contributed by atoms with Gasteiger partial charge in [-0.1, -0.05) is 50.1 Å². The molecule has 2 aliphatic rings. The molecular formula is C17H20INO2. The topological polar surface area (TPSA) is 29.5 Å². The van der Waals surface area contributed by atoms with E-state index in [0.29, 0.717) is 0 Å². The van der Waals surface area contributed by atoms with Gasteiger partial charge in [-0.15, -0.1) is 0 Å². The first-order chi connectivity index (χ1) is 10.2. The summed E-state index contributed by atoms with van der Waals surface area (Å²) in [5.41, 5.74) is 2.55. The van der Waals surface area contributed by atoms with E-state index in [1.807, 2.05) is 11.0 Å². The predicted octanol–water partition coefficient (Wildman–Crippen LogP) is 4.96. The van der Waals surface area contributed by atoms with Crippen molar-refractivity contribution in [3.8, 4) is 0 Å². The van der Waals surface area contributed by atoms with Crippen LogP contribution in [-0.4, -0.2) is 17.1 Å². The van der Waals surface area contributed by atoms with Crippen LogP contribution in [0.5, 0.6) is 0 Å². The number of rotatable bonds is 5. The number of carbonyl (C=O) groups excluding carboxylic acids is 1. The summed E-state index contributed by atoms with van der Waals surface area (Å²) in [5.74, 6) is 0. The molecule has 1 aliphatic heterocycles. The Morgan fingerprint density at radius 3 is 3.05 bits per heavy atom. The van der Waals surface area contributed by atoms with E-state index in [0.717, 1.165) is 16.5 Å². The fraction of sp³-hybridized carbons (Fsp3) is 0.471. The lowest BCUT2D eigenvalue weighted by Crippen LogP contribution is -2.25. The maximum absolute atomic E-state index is 12.2. The van der Waals surface area contributed by atoms with Gasteiger partial charge in [-0.05, 0) is 46.6 Å². The fourth-order valence-electron chi connectivity index (χ4n) is 3.18. The van der Waals surface area contributed by atoms with Gasteiger partial charge in [0, 0.05) is 6.42 Å². The SMILES string of the molecule is CCCCC/C=C(\I)N1C(=O)O[C@@H]2Cc3ccccc3[C@@H]21. The smallest absolute Gasteiger partial charge is 0.415 e. The van der Waals surface area contributed by atoms with E-state index < -0.39 is 0 Å². The number of unbranched alkanes of at least 4 members (excludes halogenated alkanes) is 3. The van der Waals surface area contributed by atoms with Gasteiger partial charge >= 0.3 is 6.09 Å². The highest BCUT2D eigenvalue weighted by Gasteiger charge is 2.48. The van der Waals surface area contributed by atoms with Gasteiger partial charge in [0.25, 0.3) is 0 Å². The molecule has 0 bridgehead atoms. The first-order valence-electron chi connectivity index (χ1n) is 7.65. The van der Waals surface area contributed by atoms with Crippen molar-refractivity contribution in [1.82, 2.24) is 4.90 Å². The Balaban J connectivity index is 1.80. The van der Waals surface area contributed by atoms with Crippen LogP contribution in [0.1, 0.15) is 49.8 Å². The molecule has 1 aromatic carbocycles. The molecule has 0 aromatic heterocycles. The largest absolute Gasteiger partial charge is 0.443 e. The highest BCUT2D eigenvalue weighted by atomic mass is 127. The summed E-state index contributed by atoms with van der Waals surface area (Å²) < 4.78 is 6.57. The van der Waals surface area contributed by atoms with Crippen molar-refractivity contribution in [2.24, 2.45) is 0 Å². The molecule has 3 nitrogen and oxygen atoms in total. The number of ether oxygens (including phenoxy) is 1. The Labute approximate surface area is 139 Å². The summed E-state index contributed by atoms with van der Waals surface area (Å²) >= 11 is 2.27. The van der Waals surface area contributed by atoms with Crippen molar-refractivity contribution in [3.63, 3.8) is 0 Å². The van der Waals surface area contributed by atoms with Crippen LogP contribution in [0.2, 0.25) is 0 Å². The van der Waals surface area contributed by atoms with E-state index in [4.69, 9.17) is 4.74 Å². The molecule has 1 heterocycles. The second kappa shape index (κ2) is 6.38. The highest BCUT2D eigenvalue weighted by molar-refractivity contribution is 14.1. The monoisotopic (exact) mass is 397 g/mol. The van der Waals surface area contributed by atoms with E-state index in [1.54, 1.807) is 0 Å². The van der Waals surface area contributed by atoms with Crippen molar-refractivity contribution in [1.29, 1.82) is 0 Å². The summed E-state index contributed by atoms with van der Waals surface area (Å²) in [7, 11) is 0. The molecule has 21 heavy (non-hydrogen) atoms. The average Bonchev–Trinajstić information content (AvgIpc) is 2.97. The van der Waals surface area contributed by atoms with E-state index in [2.05, 4.69) is 53.8 Å². The van der Waals surface area contributed by atoms with E-state index in [-0.39, 0.29) is 18.2 Å². The fourth-order valence-corrected chi connectivity index (χ4v) is 3.99. The van der Waals surface area contributed by atoms with Gasteiger partial charge in [0.05, 0.1) is 3.70 Å². The number of halogens is 1. The first-order valence-corrected chi connectivity index (χ1v) is 8.73. The number of benzene rings is 1. The predicted molar refractivity (Wildman–Crippen MR) is 91.2 cm³/mol. The molecule has 1 aromatic rings. The molecular weight excluding hydrogens is 377 g/mol. The summed E-state index contributed by atoms with van der Waals surface area (Å²) in [6.07, 6.45) is 7.43. The number of amides is 1. The molecule has 1 saturated heterocycles. The third kappa shape index (κ3) is 2.82. The Bertz CT molecular complexity index is 570. The van der Waals surface area contributed by atoms with Crippen molar-refractivity contribution in [3.05, 3.63) is 45.2 Å². The van der Waals surface area contributed by atoms with Crippen molar-refractivity contribution < 1.29 is 9.53 Å². The molecule has 4 heteroatoms. The second-order valence-electron chi connectivity index (χ2n) is 5.66. The molecule has 1 amide bonds. The quantitative estimate of drug-likeness (QED) is 0.399. The number of fused-ring (bicyclic) bond motifs is 3. The average molecular weight is 397 g/mol. The number of allylic oxidation sites excluding steroid dienone is 1. The van der Waals surface area contributed by atoms with Crippen LogP contribution < -0.4 is 0 Å². The van der Waals surface area contributed by atoms with Crippen molar-refractivity contribution in [2.45, 2.75) is 51.2 Å². The Kier molecular flexibility index (Phi) is 4.52. The zero-order valence-electron chi connectivity index (χ0n) is 12.2. The van der Waals surface area contributed by atoms with E-state index in [1.165, 1.54) is 30.4 Å². The molecule has 0 N–H and O–H groups in total. The first kappa shape index (κ1) is 14.9. The molecule has 112 valence electrons. The third-order valence-corrected chi connectivity index (χ3v) is 5.18. The zero-order chi connectivity index (χ0) is 14.8. The third-order valence-electron chi connectivity index (χ3n) is 4.22. The minimum atomic E-state index is -0.198. The highest BCUT2D eigenvalue weighted by Crippen LogP contribution is 2.45.